The molecule has 4 aromatic rings. The number of aromatic nitrogens is 1. The molecule has 0 unspecified atom stereocenters. The van der Waals surface area contributed by atoms with Gasteiger partial charge in [-0.3, -0.25) is 4.98 Å². The van der Waals surface area contributed by atoms with Gasteiger partial charge < -0.3 is 0 Å². The Kier molecular flexibility index (Phi) is 4.65. The summed E-state index contributed by atoms with van der Waals surface area (Å²) in [5.41, 5.74) is 2.25. The van der Waals surface area contributed by atoms with Gasteiger partial charge in [-0.15, -0.1) is 0 Å². The molecule has 0 radical (unpaired) electrons. The Balaban J connectivity index is 2.01. The second kappa shape index (κ2) is 7.23. The third kappa shape index (κ3) is 2.96. The molecule has 1 nitrogen and oxygen atoms in total. The Morgan fingerprint density at radius 3 is 1.69 bits per heavy atom. The second-order valence-electron chi connectivity index (χ2n) is 6.41. The maximum absolute atomic E-state index is 4.63. The quantitative estimate of drug-likeness (QED) is 0.485. The van der Waals surface area contributed by atoms with Crippen LogP contribution in [0.15, 0.2) is 109 Å². The fraction of sp³-hybridized carbons (Fsp3) is 0.0417. The molecule has 1 heterocycles. The molecular formula is C24H21NP+. The Hall–Kier alpha value is -2.76. The van der Waals surface area contributed by atoms with Crippen molar-refractivity contribution in [1.82, 2.24) is 4.98 Å². The largest absolute Gasteiger partial charge is 0.256 e. The molecule has 0 N–H and O–H groups in total. The van der Waals surface area contributed by atoms with Gasteiger partial charge in [-0.1, -0.05) is 54.6 Å². The summed E-state index contributed by atoms with van der Waals surface area (Å²) >= 11 is 0. The van der Waals surface area contributed by atoms with Crippen LogP contribution in [-0.2, 0) is 0 Å². The molecule has 0 aliphatic rings. The summed E-state index contributed by atoms with van der Waals surface area (Å²) in [7, 11) is -1.77. The summed E-state index contributed by atoms with van der Waals surface area (Å²) in [5.74, 6) is 0. The van der Waals surface area contributed by atoms with Crippen molar-refractivity contribution < 1.29 is 0 Å². The molecule has 0 fully saturated rings. The average Bonchev–Trinajstić information content (AvgIpc) is 2.75. The van der Waals surface area contributed by atoms with Crippen molar-refractivity contribution in [3.8, 4) is 11.3 Å². The van der Waals surface area contributed by atoms with Crippen LogP contribution in [0.4, 0.5) is 0 Å². The van der Waals surface area contributed by atoms with Gasteiger partial charge in [0.05, 0.1) is 12.4 Å². The zero-order chi connectivity index (χ0) is 17.8. The first-order valence-electron chi connectivity index (χ1n) is 8.79. The molecule has 0 atom stereocenters. The van der Waals surface area contributed by atoms with Crippen LogP contribution in [0.2, 0.25) is 0 Å². The molecule has 1 aromatic heterocycles. The number of hydrogen-bond donors (Lipinski definition) is 0. The van der Waals surface area contributed by atoms with E-state index in [-0.39, 0.29) is 0 Å². The number of nitrogens with zero attached hydrogens (tertiary/aromatic N) is 1. The zero-order valence-corrected chi connectivity index (χ0v) is 15.7. The zero-order valence-electron chi connectivity index (χ0n) is 14.8. The van der Waals surface area contributed by atoms with Gasteiger partial charge in [0.1, 0.15) is 23.2 Å². The van der Waals surface area contributed by atoms with Gasteiger partial charge in [0.15, 0.2) is 0 Å². The first-order valence-corrected chi connectivity index (χ1v) is 11.0. The van der Waals surface area contributed by atoms with Crippen LogP contribution in [0.25, 0.3) is 11.3 Å². The Morgan fingerprint density at radius 1 is 0.577 bits per heavy atom. The summed E-state index contributed by atoms with van der Waals surface area (Å²) in [4.78, 5) is 4.63. The van der Waals surface area contributed by atoms with Crippen LogP contribution in [0.3, 0.4) is 0 Å². The molecule has 0 saturated carbocycles. The molecule has 0 aliphatic heterocycles. The van der Waals surface area contributed by atoms with Crippen LogP contribution >= 0.6 is 7.26 Å². The molecule has 3 aromatic carbocycles. The highest BCUT2D eigenvalue weighted by atomic mass is 31.2. The average molecular weight is 354 g/mol. The smallest absolute Gasteiger partial charge is 0.113 e. The van der Waals surface area contributed by atoms with E-state index in [1.54, 1.807) is 0 Å². The Bertz CT molecular complexity index is 943. The minimum atomic E-state index is -1.77. The monoisotopic (exact) mass is 354 g/mol. The third-order valence-corrected chi connectivity index (χ3v) is 8.89. The van der Waals surface area contributed by atoms with E-state index >= 15 is 0 Å². The van der Waals surface area contributed by atoms with E-state index in [1.807, 2.05) is 12.3 Å². The van der Waals surface area contributed by atoms with Crippen molar-refractivity contribution in [2.45, 2.75) is 0 Å². The van der Waals surface area contributed by atoms with Gasteiger partial charge in [0, 0.05) is 11.8 Å². The van der Waals surface area contributed by atoms with Gasteiger partial charge in [-0.25, -0.2) is 0 Å². The highest BCUT2D eigenvalue weighted by molar-refractivity contribution is 7.95. The first-order chi connectivity index (χ1) is 12.8. The topological polar surface area (TPSA) is 12.9 Å². The van der Waals surface area contributed by atoms with Gasteiger partial charge in [0.25, 0.3) is 0 Å². The van der Waals surface area contributed by atoms with E-state index in [9.17, 15) is 0 Å². The molecule has 0 amide bonds. The minimum absolute atomic E-state index is 1.03. The van der Waals surface area contributed by atoms with Gasteiger partial charge in [0.2, 0.25) is 0 Å². The first kappa shape index (κ1) is 16.7. The molecular weight excluding hydrogens is 333 g/mol. The van der Waals surface area contributed by atoms with Crippen molar-refractivity contribution in [3.05, 3.63) is 109 Å². The fourth-order valence-electron chi connectivity index (χ4n) is 3.48. The molecule has 0 bridgehead atoms. The Labute approximate surface area is 155 Å². The van der Waals surface area contributed by atoms with E-state index in [1.165, 1.54) is 21.5 Å². The highest BCUT2D eigenvalue weighted by Crippen LogP contribution is 2.53. The second-order valence-corrected chi connectivity index (χ2v) is 9.94. The molecule has 4 rings (SSSR count). The van der Waals surface area contributed by atoms with E-state index in [0.29, 0.717) is 0 Å². The minimum Gasteiger partial charge on any atom is -0.256 e. The van der Waals surface area contributed by atoms with Crippen LogP contribution in [-0.4, -0.2) is 11.6 Å². The summed E-state index contributed by atoms with van der Waals surface area (Å²) in [6.45, 7) is 2.42. The van der Waals surface area contributed by atoms with E-state index in [4.69, 9.17) is 0 Å². The fourth-order valence-corrected chi connectivity index (χ4v) is 6.93. The Morgan fingerprint density at radius 2 is 1.12 bits per heavy atom. The summed E-state index contributed by atoms with van der Waals surface area (Å²) in [6, 6.07) is 36.6. The summed E-state index contributed by atoms with van der Waals surface area (Å²) in [5, 5.41) is 4.14. The number of pyridine rings is 1. The predicted molar refractivity (Wildman–Crippen MR) is 114 cm³/mol. The van der Waals surface area contributed by atoms with E-state index < -0.39 is 7.26 Å². The van der Waals surface area contributed by atoms with Crippen molar-refractivity contribution in [1.29, 1.82) is 0 Å². The van der Waals surface area contributed by atoms with Gasteiger partial charge >= 0.3 is 0 Å². The molecule has 2 heteroatoms. The van der Waals surface area contributed by atoms with Gasteiger partial charge in [-0.05, 0) is 48.5 Å². The lowest BCUT2D eigenvalue weighted by molar-refractivity contribution is 1.33. The van der Waals surface area contributed by atoms with Gasteiger partial charge in [-0.2, -0.15) is 0 Å². The number of rotatable bonds is 4. The predicted octanol–water partition coefficient (Wildman–Crippen LogP) is 4.67. The maximum Gasteiger partial charge on any atom is 0.113 e. The number of benzene rings is 3. The molecule has 0 spiro atoms. The van der Waals surface area contributed by atoms with Crippen LogP contribution in [0, 0.1) is 0 Å². The van der Waals surface area contributed by atoms with Crippen LogP contribution in [0.1, 0.15) is 0 Å². The summed E-state index contributed by atoms with van der Waals surface area (Å²) in [6.07, 6.45) is 1.87. The van der Waals surface area contributed by atoms with Crippen molar-refractivity contribution >= 4 is 23.2 Å². The molecule has 26 heavy (non-hydrogen) atoms. The van der Waals surface area contributed by atoms with E-state index in [2.05, 4.69) is 109 Å². The summed E-state index contributed by atoms with van der Waals surface area (Å²) < 4.78 is 0. The third-order valence-electron chi connectivity index (χ3n) is 4.87. The van der Waals surface area contributed by atoms with Crippen LogP contribution in [0.5, 0.6) is 0 Å². The standard InChI is InChI=1S/C24H21NP/c1-26(20-12-4-2-5-13-20,21-14-6-3-7-15-21)24-18-9-8-16-22(24)23-17-10-11-19-25-23/h2-19H,1H3/q+1. The van der Waals surface area contributed by atoms with Crippen LogP contribution < -0.4 is 15.9 Å². The SMILES string of the molecule is C[P+](c1ccccc1)(c1ccccc1)c1ccccc1-c1ccccn1. The van der Waals surface area contributed by atoms with Crippen molar-refractivity contribution in [2.24, 2.45) is 0 Å². The maximum atomic E-state index is 4.63. The lowest BCUT2D eigenvalue weighted by Gasteiger charge is -2.25. The lowest BCUT2D eigenvalue weighted by atomic mass is 10.1. The lowest BCUT2D eigenvalue weighted by Crippen LogP contribution is -2.31. The van der Waals surface area contributed by atoms with E-state index in [0.717, 1.165) is 5.69 Å². The molecule has 0 aliphatic carbocycles. The highest BCUT2D eigenvalue weighted by Gasteiger charge is 2.42. The van der Waals surface area contributed by atoms with Crippen molar-refractivity contribution in [2.75, 3.05) is 6.66 Å². The number of hydrogen-bond acceptors (Lipinski definition) is 1. The molecule has 0 saturated heterocycles. The molecule has 126 valence electrons. The van der Waals surface area contributed by atoms with Crippen molar-refractivity contribution in [3.63, 3.8) is 0 Å². The normalized spacial score (nSPS) is 11.3.